The van der Waals surface area contributed by atoms with E-state index in [2.05, 4.69) is 159 Å². The highest BCUT2D eigenvalue weighted by molar-refractivity contribution is 6.14. The van der Waals surface area contributed by atoms with Gasteiger partial charge in [0.05, 0.1) is 61.1 Å². The first-order chi connectivity index (χ1) is 33.6. The van der Waals surface area contributed by atoms with E-state index in [0.29, 0.717) is 11.4 Å². The van der Waals surface area contributed by atoms with Crippen LogP contribution in [0, 0.1) is 23.0 Å². The summed E-state index contributed by atoms with van der Waals surface area (Å²) >= 11 is 0. The van der Waals surface area contributed by atoms with Gasteiger partial charge in [-0.05, 0) is 84.9 Å². The van der Waals surface area contributed by atoms with Gasteiger partial charge in [-0.2, -0.15) is 5.26 Å². The zero-order valence-corrected chi connectivity index (χ0v) is 36.2. The Morgan fingerprint density at radius 3 is 1.09 bits per heavy atom. The number of nitriles is 1. The van der Waals surface area contributed by atoms with Gasteiger partial charge < -0.3 is 18.3 Å². The fraction of sp³-hybridized carbons (Fsp3) is 0. The van der Waals surface area contributed by atoms with E-state index in [0.717, 1.165) is 98.6 Å². The van der Waals surface area contributed by atoms with E-state index in [9.17, 15) is 5.26 Å². The van der Waals surface area contributed by atoms with Gasteiger partial charge in [0.1, 0.15) is 23.3 Å². The standard InChI is InChI=1S/C61H35F2N5/c62-49-20-13-21-50(63)60(49)47-32-33-57(67-55-26-11-5-18-43(55)45-30-28-37(34-58(45)67)65-51-22-7-1-14-39(51)40-15-2-8-23-52(40)65)48(36-64)61(47)68-56-27-12-6-19-44(56)46-31-29-38(35-59(46)68)66-53-24-9-3-16-41(53)42-17-4-10-25-54(42)66/h1-35H. The molecule has 0 saturated carbocycles. The van der Waals surface area contributed by atoms with E-state index in [-0.39, 0.29) is 16.7 Å². The van der Waals surface area contributed by atoms with Crippen LogP contribution in [0.2, 0.25) is 0 Å². The maximum absolute atomic E-state index is 16.4. The van der Waals surface area contributed by atoms with E-state index in [1.165, 1.54) is 18.2 Å². The normalized spacial score (nSPS) is 12.0. The predicted octanol–water partition coefficient (Wildman–Crippen LogP) is 15.9. The summed E-state index contributed by atoms with van der Waals surface area (Å²) in [7, 11) is 0. The molecule has 4 aromatic heterocycles. The fourth-order valence-electron chi connectivity index (χ4n) is 11.2. The van der Waals surface area contributed by atoms with Gasteiger partial charge in [-0.1, -0.05) is 127 Å². The Balaban J connectivity index is 1.11. The lowest BCUT2D eigenvalue weighted by molar-refractivity contribution is 0.589. The van der Waals surface area contributed by atoms with Gasteiger partial charge in [-0.15, -0.1) is 0 Å². The number of nitrogens with zero attached hydrogens (tertiary/aromatic N) is 5. The molecule has 0 aliphatic rings. The lowest BCUT2D eigenvalue weighted by atomic mass is 9.97. The minimum absolute atomic E-state index is 0.203. The van der Waals surface area contributed by atoms with E-state index < -0.39 is 11.6 Å². The summed E-state index contributed by atoms with van der Waals surface area (Å²) in [6.07, 6.45) is 0. The summed E-state index contributed by atoms with van der Waals surface area (Å²) in [4.78, 5) is 0. The summed E-state index contributed by atoms with van der Waals surface area (Å²) in [5.41, 5.74) is 10.8. The molecule has 0 aliphatic heterocycles. The fourth-order valence-corrected chi connectivity index (χ4v) is 11.2. The monoisotopic (exact) mass is 875 g/mol. The molecule has 0 unspecified atom stereocenters. The van der Waals surface area contributed by atoms with Crippen molar-refractivity contribution in [2.45, 2.75) is 0 Å². The minimum atomic E-state index is -0.720. The third-order valence-corrected chi connectivity index (χ3v) is 14.0. The Morgan fingerprint density at radius 2 is 0.676 bits per heavy atom. The van der Waals surface area contributed by atoms with Gasteiger partial charge in [0.15, 0.2) is 0 Å². The minimum Gasteiger partial charge on any atom is -0.309 e. The topological polar surface area (TPSA) is 43.5 Å². The van der Waals surface area contributed by atoms with Crippen LogP contribution in [0.4, 0.5) is 8.78 Å². The summed E-state index contributed by atoms with van der Waals surface area (Å²) in [6, 6.07) is 73.0. The molecule has 0 atom stereocenters. The molecule has 68 heavy (non-hydrogen) atoms. The summed E-state index contributed by atoms with van der Waals surface area (Å²) < 4.78 is 41.6. The van der Waals surface area contributed by atoms with Crippen molar-refractivity contribution < 1.29 is 8.78 Å². The molecule has 10 aromatic carbocycles. The Kier molecular flexibility index (Phi) is 8.05. The molecule has 0 spiro atoms. The smallest absolute Gasteiger partial charge is 0.134 e. The van der Waals surface area contributed by atoms with Gasteiger partial charge in [0, 0.05) is 60.0 Å². The zero-order valence-electron chi connectivity index (χ0n) is 36.2. The molecule has 0 aliphatic carbocycles. The summed E-state index contributed by atoms with van der Waals surface area (Å²) in [5, 5.41) is 20.3. The highest BCUT2D eigenvalue weighted by Gasteiger charge is 2.27. The van der Waals surface area contributed by atoms with Crippen LogP contribution >= 0.6 is 0 Å². The van der Waals surface area contributed by atoms with E-state index in [1.807, 2.05) is 53.1 Å². The lowest BCUT2D eigenvalue weighted by Gasteiger charge is -2.21. The van der Waals surface area contributed by atoms with Crippen molar-refractivity contribution >= 4 is 87.2 Å². The maximum atomic E-state index is 16.4. The lowest BCUT2D eigenvalue weighted by Crippen LogP contribution is -2.08. The van der Waals surface area contributed by atoms with E-state index in [4.69, 9.17) is 0 Å². The number of hydrogen-bond donors (Lipinski definition) is 0. The largest absolute Gasteiger partial charge is 0.309 e. The van der Waals surface area contributed by atoms with Crippen molar-refractivity contribution in [1.29, 1.82) is 5.26 Å². The number of rotatable bonds is 5. The maximum Gasteiger partial charge on any atom is 0.134 e. The number of benzene rings is 10. The molecule has 14 aromatic rings. The Labute approximate surface area is 387 Å². The highest BCUT2D eigenvalue weighted by Crippen LogP contribution is 2.45. The second-order valence-corrected chi connectivity index (χ2v) is 17.4. The van der Waals surface area contributed by atoms with Gasteiger partial charge in [0.2, 0.25) is 0 Å². The molecule has 0 amide bonds. The van der Waals surface area contributed by atoms with Crippen LogP contribution in [0.25, 0.3) is 121 Å². The van der Waals surface area contributed by atoms with Gasteiger partial charge in [-0.3, -0.25) is 0 Å². The first kappa shape index (κ1) is 38.1. The molecule has 14 rings (SSSR count). The molecule has 0 radical (unpaired) electrons. The van der Waals surface area contributed by atoms with Crippen LogP contribution in [0.5, 0.6) is 0 Å². The third-order valence-electron chi connectivity index (χ3n) is 14.0. The molecule has 0 fully saturated rings. The van der Waals surface area contributed by atoms with Crippen LogP contribution in [0.15, 0.2) is 212 Å². The van der Waals surface area contributed by atoms with Crippen LogP contribution in [-0.4, -0.2) is 18.3 Å². The van der Waals surface area contributed by atoms with Gasteiger partial charge in [-0.25, -0.2) is 8.78 Å². The average molecular weight is 876 g/mol. The van der Waals surface area contributed by atoms with E-state index >= 15 is 8.78 Å². The average Bonchev–Trinajstić information content (AvgIpc) is 4.11. The summed E-state index contributed by atoms with van der Waals surface area (Å²) in [6.45, 7) is 0. The number of aromatic nitrogens is 4. The van der Waals surface area contributed by atoms with Crippen LogP contribution in [-0.2, 0) is 0 Å². The quantitative estimate of drug-likeness (QED) is 0.170. The number of fused-ring (bicyclic) bond motifs is 12. The number of para-hydroxylation sites is 6. The molecule has 4 heterocycles. The molecular formula is C61H35F2N5. The molecule has 318 valence electrons. The third kappa shape index (κ3) is 5.22. The highest BCUT2D eigenvalue weighted by atomic mass is 19.1. The Bertz CT molecular complexity index is 4370. The predicted molar refractivity (Wildman–Crippen MR) is 274 cm³/mol. The first-order valence-corrected chi connectivity index (χ1v) is 22.6. The Hall–Kier alpha value is -9.25. The zero-order chi connectivity index (χ0) is 45.2. The van der Waals surface area contributed by atoms with Crippen molar-refractivity contribution in [3.8, 4) is 39.9 Å². The number of hydrogen-bond acceptors (Lipinski definition) is 1. The van der Waals surface area contributed by atoms with Crippen molar-refractivity contribution in [2.24, 2.45) is 0 Å². The van der Waals surface area contributed by atoms with E-state index in [1.54, 1.807) is 6.07 Å². The van der Waals surface area contributed by atoms with Crippen molar-refractivity contribution in [2.75, 3.05) is 0 Å². The second kappa shape index (κ2) is 14.4. The van der Waals surface area contributed by atoms with Crippen LogP contribution < -0.4 is 0 Å². The molecule has 0 N–H and O–H groups in total. The summed E-state index contributed by atoms with van der Waals surface area (Å²) in [5.74, 6) is -1.44. The molecule has 5 nitrogen and oxygen atoms in total. The van der Waals surface area contributed by atoms with Crippen molar-refractivity contribution in [3.05, 3.63) is 230 Å². The van der Waals surface area contributed by atoms with Crippen LogP contribution in [0.1, 0.15) is 5.56 Å². The van der Waals surface area contributed by atoms with Gasteiger partial charge >= 0.3 is 0 Å². The van der Waals surface area contributed by atoms with Crippen LogP contribution in [0.3, 0.4) is 0 Å². The SMILES string of the molecule is N#Cc1c(-n2c3ccccc3c3ccc(-n4c5ccccc5c5ccccc54)cc32)ccc(-c2c(F)cccc2F)c1-n1c2ccccc2c2ccc(-n3c4ccccc4c4ccccc43)cc21. The molecule has 0 bridgehead atoms. The molecule has 0 saturated heterocycles. The molecule has 7 heteroatoms. The Morgan fingerprint density at radius 1 is 0.324 bits per heavy atom. The second-order valence-electron chi connectivity index (χ2n) is 17.4. The van der Waals surface area contributed by atoms with Crippen molar-refractivity contribution in [3.63, 3.8) is 0 Å². The number of halogens is 2. The van der Waals surface area contributed by atoms with Crippen molar-refractivity contribution in [1.82, 2.24) is 18.3 Å². The van der Waals surface area contributed by atoms with Gasteiger partial charge in [0.25, 0.3) is 0 Å². The molecular weight excluding hydrogens is 841 g/mol. The first-order valence-electron chi connectivity index (χ1n) is 22.6.